The molecule has 0 saturated heterocycles. The third kappa shape index (κ3) is 3.30. The van der Waals surface area contributed by atoms with E-state index in [0.717, 1.165) is 18.5 Å². The summed E-state index contributed by atoms with van der Waals surface area (Å²) in [6, 6.07) is 1.79. The smallest absolute Gasteiger partial charge is 0.396 e. The Morgan fingerprint density at radius 3 is 2.86 bits per heavy atom. The van der Waals surface area contributed by atoms with Gasteiger partial charge in [0.2, 0.25) is 0 Å². The summed E-state index contributed by atoms with van der Waals surface area (Å²) in [6.07, 6.45) is 1.98. The average molecular weight is 310 g/mol. The first-order valence-corrected chi connectivity index (χ1v) is 7.32. The molecule has 0 aromatic carbocycles. The molecule has 1 aliphatic carbocycles. The van der Waals surface area contributed by atoms with Gasteiger partial charge in [0.05, 0.1) is 19.4 Å². The molecule has 0 unspecified atom stereocenters. The number of nitrogens with one attached hydrogen (secondary N) is 1. The van der Waals surface area contributed by atoms with E-state index < -0.39 is 11.9 Å². The largest absolute Gasteiger partial charge is 0.462 e. The standard InChI is InChI=1S/C15H22N2O5/c1-15(2)9(6-10-8-11(4-5-18)22-17-10)7-12(15)16-13(19)14(20)21-3/h8-9,12,18H,4-7H2,1-3H3,(H,16,19)/t9-,12+/m1/s1. The van der Waals surface area contributed by atoms with Crippen LogP contribution in [0.25, 0.3) is 0 Å². The molecule has 1 fully saturated rings. The molecule has 1 aromatic rings. The lowest BCUT2D eigenvalue weighted by atomic mass is 9.57. The molecule has 1 aliphatic rings. The number of ether oxygens (including phenoxy) is 1. The molecule has 1 amide bonds. The highest BCUT2D eigenvalue weighted by molar-refractivity contribution is 6.32. The van der Waals surface area contributed by atoms with Crippen molar-refractivity contribution in [3.05, 3.63) is 17.5 Å². The summed E-state index contributed by atoms with van der Waals surface area (Å²) in [4.78, 5) is 22.7. The van der Waals surface area contributed by atoms with Gasteiger partial charge in [0.15, 0.2) is 0 Å². The molecular weight excluding hydrogens is 288 g/mol. The minimum Gasteiger partial charge on any atom is -0.462 e. The quantitative estimate of drug-likeness (QED) is 0.605. The Morgan fingerprint density at radius 2 is 2.27 bits per heavy atom. The number of hydrogen-bond acceptors (Lipinski definition) is 6. The third-order valence-corrected chi connectivity index (χ3v) is 4.57. The van der Waals surface area contributed by atoms with Crippen molar-refractivity contribution in [1.82, 2.24) is 10.5 Å². The Balaban J connectivity index is 1.90. The Morgan fingerprint density at radius 1 is 1.55 bits per heavy atom. The second-order valence-electron chi connectivity index (χ2n) is 6.23. The number of carbonyl (C=O) groups is 2. The SMILES string of the molecule is COC(=O)C(=O)N[C@H]1C[C@@H](Cc2cc(CCO)on2)C1(C)C. The van der Waals surface area contributed by atoms with Crippen molar-refractivity contribution in [2.24, 2.45) is 11.3 Å². The summed E-state index contributed by atoms with van der Waals surface area (Å²) < 4.78 is 9.54. The minimum atomic E-state index is -0.871. The maximum absolute atomic E-state index is 11.6. The number of hydrogen-bond donors (Lipinski definition) is 2. The molecule has 2 rings (SSSR count). The highest BCUT2D eigenvalue weighted by Gasteiger charge is 2.49. The van der Waals surface area contributed by atoms with Crippen LogP contribution in [0.3, 0.4) is 0 Å². The maximum Gasteiger partial charge on any atom is 0.396 e. The first kappa shape index (κ1) is 16.5. The zero-order valence-electron chi connectivity index (χ0n) is 13.1. The summed E-state index contributed by atoms with van der Waals surface area (Å²) >= 11 is 0. The number of rotatable bonds is 5. The van der Waals surface area contributed by atoms with Gasteiger partial charge in [-0.05, 0) is 24.2 Å². The van der Waals surface area contributed by atoms with Crippen molar-refractivity contribution in [2.45, 2.75) is 39.2 Å². The van der Waals surface area contributed by atoms with E-state index in [1.54, 1.807) is 0 Å². The number of carbonyl (C=O) groups excluding carboxylic acids is 2. The summed E-state index contributed by atoms with van der Waals surface area (Å²) in [6.45, 7) is 4.14. The van der Waals surface area contributed by atoms with Gasteiger partial charge in [0, 0.05) is 18.5 Å². The zero-order valence-corrected chi connectivity index (χ0v) is 13.1. The molecule has 122 valence electrons. The summed E-state index contributed by atoms with van der Waals surface area (Å²) in [5, 5.41) is 15.6. The molecule has 0 aliphatic heterocycles. The number of methoxy groups -OCH3 is 1. The lowest BCUT2D eigenvalue weighted by Crippen LogP contribution is -2.59. The number of aromatic nitrogens is 1. The van der Waals surface area contributed by atoms with E-state index in [-0.39, 0.29) is 18.1 Å². The minimum absolute atomic E-state index is 0.0329. The topological polar surface area (TPSA) is 102 Å². The van der Waals surface area contributed by atoms with Gasteiger partial charge in [-0.15, -0.1) is 0 Å². The Kier molecular flexibility index (Phi) is 4.85. The second-order valence-corrected chi connectivity index (χ2v) is 6.23. The van der Waals surface area contributed by atoms with Crippen molar-refractivity contribution in [3.63, 3.8) is 0 Å². The monoisotopic (exact) mass is 310 g/mol. The normalized spacial score (nSPS) is 22.7. The highest BCUT2D eigenvalue weighted by atomic mass is 16.5. The Hall–Kier alpha value is -1.89. The number of aliphatic hydroxyl groups excluding tert-OH is 1. The molecule has 2 atom stereocenters. The fourth-order valence-electron chi connectivity index (χ4n) is 2.85. The van der Waals surface area contributed by atoms with Gasteiger partial charge in [-0.3, -0.25) is 4.79 Å². The van der Waals surface area contributed by atoms with Crippen LogP contribution < -0.4 is 5.32 Å². The van der Waals surface area contributed by atoms with Gasteiger partial charge in [-0.1, -0.05) is 19.0 Å². The highest BCUT2D eigenvalue weighted by Crippen LogP contribution is 2.47. The predicted molar refractivity (Wildman–Crippen MR) is 76.8 cm³/mol. The van der Waals surface area contributed by atoms with Gasteiger partial charge in [0.25, 0.3) is 0 Å². The van der Waals surface area contributed by atoms with Crippen LogP contribution in [0.5, 0.6) is 0 Å². The van der Waals surface area contributed by atoms with Crippen LogP contribution in [0.4, 0.5) is 0 Å². The maximum atomic E-state index is 11.6. The Bertz CT molecular complexity index is 552. The fourth-order valence-corrected chi connectivity index (χ4v) is 2.85. The van der Waals surface area contributed by atoms with Crippen molar-refractivity contribution >= 4 is 11.9 Å². The molecule has 0 radical (unpaired) electrons. The zero-order chi connectivity index (χ0) is 16.3. The van der Waals surface area contributed by atoms with Crippen LogP contribution in [0.15, 0.2) is 10.6 Å². The van der Waals surface area contributed by atoms with Crippen LogP contribution >= 0.6 is 0 Å². The van der Waals surface area contributed by atoms with Gasteiger partial charge in [-0.25, -0.2) is 4.79 Å². The van der Waals surface area contributed by atoms with Crippen LogP contribution in [-0.2, 0) is 27.2 Å². The van der Waals surface area contributed by atoms with E-state index in [1.807, 2.05) is 6.07 Å². The predicted octanol–water partition coefficient (Wildman–Crippen LogP) is 0.456. The number of amides is 1. The van der Waals surface area contributed by atoms with Crippen molar-refractivity contribution in [1.29, 1.82) is 0 Å². The molecule has 0 bridgehead atoms. The second kappa shape index (κ2) is 6.48. The van der Waals surface area contributed by atoms with Gasteiger partial charge >= 0.3 is 11.9 Å². The summed E-state index contributed by atoms with van der Waals surface area (Å²) in [7, 11) is 1.19. The van der Waals surface area contributed by atoms with Gasteiger partial charge in [-0.2, -0.15) is 0 Å². The van der Waals surface area contributed by atoms with Crippen LogP contribution in [0.1, 0.15) is 31.7 Å². The molecule has 7 nitrogen and oxygen atoms in total. The van der Waals surface area contributed by atoms with Crippen LogP contribution in [-0.4, -0.2) is 41.9 Å². The lowest BCUT2D eigenvalue weighted by molar-refractivity contribution is -0.154. The average Bonchev–Trinajstić information content (AvgIpc) is 2.93. The van der Waals surface area contributed by atoms with Crippen molar-refractivity contribution < 1.29 is 24.0 Å². The lowest BCUT2D eigenvalue weighted by Gasteiger charge is -2.52. The van der Waals surface area contributed by atoms with E-state index >= 15 is 0 Å². The fraction of sp³-hybridized carbons (Fsp3) is 0.667. The summed E-state index contributed by atoms with van der Waals surface area (Å²) in [5.41, 5.74) is 0.707. The molecule has 2 N–H and O–H groups in total. The first-order valence-electron chi connectivity index (χ1n) is 7.32. The molecule has 1 heterocycles. The van der Waals surface area contributed by atoms with Crippen LogP contribution in [0.2, 0.25) is 0 Å². The van der Waals surface area contributed by atoms with Crippen LogP contribution in [0, 0.1) is 11.3 Å². The van der Waals surface area contributed by atoms with E-state index in [4.69, 9.17) is 9.63 Å². The number of aliphatic hydroxyl groups is 1. The first-order chi connectivity index (χ1) is 10.4. The third-order valence-electron chi connectivity index (χ3n) is 4.57. The van der Waals surface area contributed by atoms with E-state index in [2.05, 4.69) is 29.1 Å². The van der Waals surface area contributed by atoms with Crippen molar-refractivity contribution in [2.75, 3.05) is 13.7 Å². The number of esters is 1. The van der Waals surface area contributed by atoms with Crippen molar-refractivity contribution in [3.8, 4) is 0 Å². The molecule has 22 heavy (non-hydrogen) atoms. The number of nitrogens with zero attached hydrogens (tertiary/aromatic N) is 1. The van der Waals surface area contributed by atoms with Gasteiger partial charge in [0.1, 0.15) is 5.76 Å². The molecule has 1 aromatic heterocycles. The Labute approximate surface area is 129 Å². The van der Waals surface area contributed by atoms with E-state index in [9.17, 15) is 9.59 Å². The molecule has 0 spiro atoms. The van der Waals surface area contributed by atoms with E-state index in [0.29, 0.717) is 18.1 Å². The molecule has 7 heteroatoms. The summed E-state index contributed by atoms with van der Waals surface area (Å²) in [5.74, 6) is -0.567. The molecule has 1 saturated carbocycles. The molecular formula is C15H22N2O5. The van der Waals surface area contributed by atoms with E-state index in [1.165, 1.54) is 7.11 Å². The van der Waals surface area contributed by atoms with Gasteiger partial charge < -0.3 is 19.7 Å².